The Kier molecular flexibility index (Phi) is 3.98. The topological polar surface area (TPSA) is 20.3 Å². The van der Waals surface area contributed by atoms with Gasteiger partial charge < -0.3 is 0 Å². The molecule has 2 bridgehead atoms. The molecule has 0 saturated carbocycles. The van der Waals surface area contributed by atoms with Crippen LogP contribution < -0.4 is 0 Å². The highest BCUT2D eigenvalue weighted by molar-refractivity contribution is 6.30. The van der Waals surface area contributed by atoms with E-state index in [1.54, 1.807) is 24.3 Å². The molecule has 6 heteroatoms. The number of fused-ring (bicyclic) bond motifs is 2. The lowest BCUT2D eigenvalue weighted by Crippen LogP contribution is -2.51. The van der Waals surface area contributed by atoms with Crippen molar-refractivity contribution in [3.63, 3.8) is 0 Å². The van der Waals surface area contributed by atoms with Crippen LogP contribution in [0.1, 0.15) is 30.7 Å². The average molecular weight is 332 g/mol. The van der Waals surface area contributed by atoms with E-state index in [1.807, 2.05) is 11.9 Å². The number of benzene rings is 1. The fourth-order valence-electron chi connectivity index (χ4n) is 4.07. The summed E-state index contributed by atoms with van der Waals surface area (Å²) in [6.07, 6.45) is -2.70. The van der Waals surface area contributed by atoms with E-state index in [0.717, 1.165) is 12.0 Å². The molecule has 2 aliphatic heterocycles. The second-order valence-electron chi connectivity index (χ2n) is 6.25. The fraction of sp³-hybridized carbons (Fsp3) is 0.562. The number of ketones is 1. The molecular weight excluding hydrogens is 315 g/mol. The van der Waals surface area contributed by atoms with E-state index in [1.165, 1.54) is 0 Å². The Morgan fingerprint density at radius 3 is 2.45 bits per heavy atom. The van der Waals surface area contributed by atoms with Gasteiger partial charge in [0.05, 0.1) is 0 Å². The van der Waals surface area contributed by atoms with Crippen LogP contribution in [-0.2, 0) is 4.79 Å². The molecule has 4 atom stereocenters. The Labute approximate surface area is 132 Å². The Morgan fingerprint density at radius 1 is 1.23 bits per heavy atom. The van der Waals surface area contributed by atoms with Gasteiger partial charge in [0.15, 0.2) is 0 Å². The largest absolute Gasteiger partial charge is 0.450 e. The van der Waals surface area contributed by atoms with Gasteiger partial charge in [0, 0.05) is 23.0 Å². The molecule has 2 nitrogen and oxygen atoms in total. The van der Waals surface area contributed by atoms with Gasteiger partial charge in [0.1, 0.15) is 0 Å². The molecule has 0 aliphatic carbocycles. The van der Waals surface area contributed by atoms with Crippen LogP contribution in [0.5, 0.6) is 0 Å². The number of piperidine rings is 1. The standard InChI is InChI=1S/C16H17ClF3NO/c1-21-11-6-7-13(21)14(15(22)16(18,19)20)12(8-11)9-2-4-10(17)5-3-9/h2-5,11-14H,6-8H2,1H3/t11?,12-,13?,14+/m1/s1. The predicted octanol–water partition coefficient (Wildman–Crippen LogP) is 4.04. The lowest BCUT2D eigenvalue weighted by atomic mass is 9.74. The average Bonchev–Trinajstić information content (AvgIpc) is 2.70. The first-order valence-electron chi connectivity index (χ1n) is 7.37. The quantitative estimate of drug-likeness (QED) is 0.815. The maximum Gasteiger partial charge on any atom is 0.450 e. The number of Topliss-reactive ketones (excluding diaryl/α,β-unsaturated/α-hetero) is 1. The van der Waals surface area contributed by atoms with E-state index in [0.29, 0.717) is 17.9 Å². The second-order valence-corrected chi connectivity index (χ2v) is 6.68. The first-order chi connectivity index (χ1) is 10.3. The Balaban J connectivity index is 1.99. The molecule has 2 saturated heterocycles. The van der Waals surface area contributed by atoms with Crippen molar-refractivity contribution in [3.8, 4) is 0 Å². The molecule has 22 heavy (non-hydrogen) atoms. The van der Waals surface area contributed by atoms with Gasteiger partial charge in [-0.1, -0.05) is 23.7 Å². The van der Waals surface area contributed by atoms with E-state index in [2.05, 4.69) is 0 Å². The minimum absolute atomic E-state index is 0.253. The molecule has 0 amide bonds. The van der Waals surface area contributed by atoms with Crippen molar-refractivity contribution in [1.29, 1.82) is 0 Å². The predicted molar refractivity (Wildman–Crippen MR) is 77.9 cm³/mol. The monoisotopic (exact) mass is 331 g/mol. The zero-order valence-electron chi connectivity index (χ0n) is 12.1. The first kappa shape index (κ1) is 15.8. The van der Waals surface area contributed by atoms with E-state index in [9.17, 15) is 18.0 Å². The fourth-order valence-corrected chi connectivity index (χ4v) is 4.19. The zero-order valence-corrected chi connectivity index (χ0v) is 12.9. The highest BCUT2D eigenvalue weighted by atomic mass is 35.5. The summed E-state index contributed by atoms with van der Waals surface area (Å²) in [4.78, 5) is 14.0. The molecule has 2 heterocycles. The summed E-state index contributed by atoms with van der Waals surface area (Å²) in [5, 5.41) is 0.540. The molecular formula is C16H17ClF3NO. The third-order valence-electron chi connectivity index (χ3n) is 5.15. The van der Waals surface area contributed by atoms with Crippen LogP contribution in [0.25, 0.3) is 0 Å². The van der Waals surface area contributed by atoms with Gasteiger partial charge in [-0.05, 0) is 49.9 Å². The SMILES string of the molecule is CN1C2CCC1[C@@H](C(=O)C(F)(F)F)[C@@H](c1ccc(Cl)cc1)C2. The van der Waals surface area contributed by atoms with Gasteiger partial charge in [0.25, 0.3) is 0 Å². The maximum atomic E-state index is 13.0. The van der Waals surface area contributed by atoms with Crippen molar-refractivity contribution in [1.82, 2.24) is 4.90 Å². The van der Waals surface area contributed by atoms with Crippen LogP contribution >= 0.6 is 11.6 Å². The number of hydrogen-bond donors (Lipinski definition) is 0. The van der Waals surface area contributed by atoms with Gasteiger partial charge in [-0.2, -0.15) is 13.2 Å². The summed E-state index contributed by atoms with van der Waals surface area (Å²) < 4.78 is 39.1. The number of carbonyl (C=O) groups excluding carboxylic acids is 1. The van der Waals surface area contributed by atoms with Gasteiger partial charge >= 0.3 is 6.18 Å². The van der Waals surface area contributed by atoms with Crippen LogP contribution in [-0.4, -0.2) is 36.0 Å². The van der Waals surface area contributed by atoms with Crippen LogP contribution in [0.2, 0.25) is 5.02 Å². The molecule has 0 N–H and O–H groups in total. The zero-order chi connectivity index (χ0) is 16.1. The van der Waals surface area contributed by atoms with Gasteiger partial charge in [0.2, 0.25) is 5.78 Å². The molecule has 3 rings (SSSR count). The minimum atomic E-state index is -4.79. The third-order valence-corrected chi connectivity index (χ3v) is 5.40. The highest BCUT2D eigenvalue weighted by Crippen LogP contribution is 2.48. The smallest absolute Gasteiger partial charge is 0.300 e. The van der Waals surface area contributed by atoms with Crippen molar-refractivity contribution in [2.24, 2.45) is 5.92 Å². The Hall–Kier alpha value is -1.07. The molecule has 1 aromatic carbocycles. The molecule has 2 unspecified atom stereocenters. The minimum Gasteiger partial charge on any atom is -0.300 e. The molecule has 0 radical (unpaired) electrons. The lowest BCUT2D eigenvalue weighted by Gasteiger charge is -2.42. The van der Waals surface area contributed by atoms with Crippen LogP contribution in [0.3, 0.4) is 0 Å². The van der Waals surface area contributed by atoms with Gasteiger partial charge in [-0.3, -0.25) is 9.69 Å². The summed E-state index contributed by atoms with van der Waals surface area (Å²) >= 11 is 5.86. The molecule has 2 fully saturated rings. The number of hydrogen-bond acceptors (Lipinski definition) is 2. The number of rotatable bonds is 2. The first-order valence-corrected chi connectivity index (χ1v) is 7.75. The summed E-state index contributed by atoms with van der Waals surface area (Å²) in [5.41, 5.74) is 0.775. The number of alkyl halides is 3. The number of carbonyl (C=O) groups is 1. The summed E-state index contributed by atoms with van der Waals surface area (Å²) in [6.45, 7) is 0. The van der Waals surface area contributed by atoms with Gasteiger partial charge in [-0.15, -0.1) is 0 Å². The molecule has 120 valence electrons. The lowest BCUT2D eigenvalue weighted by molar-refractivity contribution is -0.179. The highest BCUT2D eigenvalue weighted by Gasteiger charge is 2.55. The van der Waals surface area contributed by atoms with Crippen LogP contribution in [0.4, 0.5) is 13.2 Å². The second kappa shape index (κ2) is 5.53. The normalized spacial score (nSPS) is 32.2. The molecule has 1 aromatic rings. The van der Waals surface area contributed by atoms with E-state index in [-0.39, 0.29) is 18.0 Å². The van der Waals surface area contributed by atoms with E-state index < -0.39 is 17.9 Å². The van der Waals surface area contributed by atoms with Crippen molar-refractivity contribution in [2.75, 3.05) is 7.05 Å². The molecule has 2 aliphatic rings. The molecule has 0 spiro atoms. The van der Waals surface area contributed by atoms with Crippen molar-refractivity contribution in [3.05, 3.63) is 34.9 Å². The third kappa shape index (κ3) is 2.65. The summed E-state index contributed by atoms with van der Waals surface area (Å²) in [5.74, 6) is -3.00. The summed E-state index contributed by atoms with van der Waals surface area (Å²) in [7, 11) is 1.83. The number of nitrogens with zero attached hydrogens (tertiary/aromatic N) is 1. The summed E-state index contributed by atoms with van der Waals surface area (Å²) in [6, 6.07) is 6.76. The van der Waals surface area contributed by atoms with E-state index >= 15 is 0 Å². The Bertz CT molecular complexity index is 572. The molecule has 0 aromatic heterocycles. The number of halogens is 4. The van der Waals surface area contributed by atoms with Crippen LogP contribution in [0.15, 0.2) is 24.3 Å². The van der Waals surface area contributed by atoms with Gasteiger partial charge in [-0.25, -0.2) is 0 Å². The van der Waals surface area contributed by atoms with Crippen molar-refractivity contribution >= 4 is 17.4 Å². The maximum absolute atomic E-state index is 13.0. The van der Waals surface area contributed by atoms with Crippen molar-refractivity contribution < 1.29 is 18.0 Å². The van der Waals surface area contributed by atoms with Crippen LogP contribution in [0, 0.1) is 5.92 Å². The Morgan fingerprint density at radius 2 is 1.86 bits per heavy atom. The van der Waals surface area contributed by atoms with Crippen molar-refractivity contribution in [2.45, 2.75) is 43.4 Å². The van der Waals surface area contributed by atoms with E-state index in [4.69, 9.17) is 11.6 Å².